The smallest absolute Gasteiger partial charge is 0.242 e. The van der Waals surface area contributed by atoms with Gasteiger partial charge < -0.3 is 10.2 Å². The van der Waals surface area contributed by atoms with E-state index in [1.165, 1.54) is 0 Å². The van der Waals surface area contributed by atoms with Crippen molar-refractivity contribution in [3.63, 3.8) is 0 Å². The molecule has 2 aromatic carbocycles. The quantitative estimate of drug-likeness (QED) is 0.782. The van der Waals surface area contributed by atoms with Crippen LogP contribution in [0.2, 0.25) is 0 Å². The van der Waals surface area contributed by atoms with Gasteiger partial charge in [0.15, 0.2) is 0 Å². The van der Waals surface area contributed by atoms with Crippen LogP contribution in [-0.4, -0.2) is 18.4 Å². The molecule has 0 spiro atoms. The first-order valence-electron chi connectivity index (χ1n) is 9.56. The molecule has 142 valence electrons. The van der Waals surface area contributed by atoms with Crippen molar-refractivity contribution in [1.29, 1.82) is 0 Å². The molecule has 3 rings (SSSR count). The van der Waals surface area contributed by atoms with Gasteiger partial charge in [-0.05, 0) is 76.3 Å². The van der Waals surface area contributed by atoms with E-state index >= 15 is 0 Å². The van der Waals surface area contributed by atoms with Crippen molar-refractivity contribution in [2.45, 2.75) is 47.5 Å². The summed E-state index contributed by atoms with van der Waals surface area (Å²) in [6.07, 6.45) is 1.20. The number of hydrogen-bond donors (Lipinski definition) is 1. The van der Waals surface area contributed by atoms with Crippen molar-refractivity contribution in [3.05, 3.63) is 58.7 Å². The van der Waals surface area contributed by atoms with Gasteiger partial charge in [0, 0.05) is 17.9 Å². The fraction of sp³-hybridized carbons (Fsp3) is 0.391. The van der Waals surface area contributed by atoms with Crippen LogP contribution in [0.3, 0.4) is 0 Å². The highest BCUT2D eigenvalue weighted by Gasteiger charge is 2.58. The first kappa shape index (κ1) is 19.2. The summed E-state index contributed by atoms with van der Waals surface area (Å²) in [5.74, 6) is -0.288. The lowest BCUT2D eigenvalue weighted by atomic mass is 10.0. The van der Waals surface area contributed by atoms with Gasteiger partial charge in [-0.2, -0.15) is 0 Å². The second-order valence-electron chi connectivity index (χ2n) is 7.70. The molecule has 1 fully saturated rings. The zero-order valence-corrected chi connectivity index (χ0v) is 16.8. The van der Waals surface area contributed by atoms with Gasteiger partial charge >= 0.3 is 0 Å². The number of nitrogens with zero attached hydrogens (tertiary/aromatic N) is 1. The second kappa shape index (κ2) is 7.18. The summed E-state index contributed by atoms with van der Waals surface area (Å²) in [7, 11) is 0. The Morgan fingerprint density at radius 3 is 2.15 bits per heavy atom. The molecule has 4 heteroatoms. The molecule has 0 aromatic heterocycles. The van der Waals surface area contributed by atoms with E-state index < -0.39 is 5.41 Å². The molecule has 1 N–H and O–H groups in total. The molecule has 0 aliphatic heterocycles. The summed E-state index contributed by atoms with van der Waals surface area (Å²) >= 11 is 0. The van der Waals surface area contributed by atoms with E-state index in [1.54, 1.807) is 4.90 Å². The predicted molar refractivity (Wildman–Crippen MR) is 110 cm³/mol. The number of aryl methyl sites for hydroxylation is 4. The highest BCUT2D eigenvalue weighted by Crippen LogP contribution is 2.49. The zero-order valence-electron chi connectivity index (χ0n) is 16.8. The van der Waals surface area contributed by atoms with Crippen molar-refractivity contribution in [3.8, 4) is 0 Å². The normalized spacial score (nSPS) is 14.6. The van der Waals surface area contributed by atoms with Crippen LogP contribution in [0.25, 0.3) is 0 Å². The Morgan fingerprint density at radius 1 is 1.00 bits per heavy atom. The van der Waals surface area contributed by atoms with Gasteiger partial charge in [-0.1, -0.05) is 29.8 Å². The van der Waals surface area contributed by atoms with Crippen LogP contribution in [0, 0.1) is 33.1 Å². The van der Waals surface area contributed by atoms with E-state index in [0.717, 1.165) is 33.6 Å². The van der Waals surface area contributed by atoms with Crippen LogP contribution in [0.15, 0.2) is 36.4 Å². The second-order valence-corrected chi connectivity index (χ2v) is 7.70. The number of carbonyl (C=O) groups is 2. The zero-order chi connectivity index (χ0) is 19.8. The minimum Gasteiger partial charge on any atom is -0.325 e. The molecular formula is C23H28N2O2. The molecule has 0 radical (unpaired) electrons. The van der Waals surface area contributed by atoms with E-state index in [9.17, 15) is 9.59 Å². The summed E-state index contributed by atoms with van der Waals surface area (Å²) in [5.41, 5.74) is 5.04. The van der Waals surface area contributed by atoms with Crippen LogP contribution in [0.1, 0.15) is 42.0 Å². The van der Waals surface area contributed by atoms with Gasteiger partial charge in [0.1, 0.15) is 5.41 Å². The lowest BCUT2D eigenvalue weighted by Crippen LogP contribution is -2.43. The Kier molecular flexibility index (Phi) is 5.09. The molecule has 0 unspecified atom stereocenters. The Hall–Kier alpha value is -2.62. The Bertz CT molecular complexity index is 874. The van der Waals surface area contributed by atoms with Gasteiger partial charge in [0.05, 0.1) is 0 Å². The molecule has 1 saturated carbocycles. The SMILES string of the molecule is CCN(C(=O)C1(C(=O)Nc2c(C)cc(C)cc2C)CC1)c1cccc(C)c1. The van der Waals surface area contributed by atoms with Crippen molar-refractivity contribution in [2.75, 3.05) is 16.8 Å². The number of benzene rings is 2. The minimum atomic E-state index is -0.941. The number of nitrogens with one attached hydrogen (secondary N) is 1. The van der Waals surface area contributed by atoms with Crippen molar-refractivity contribution in [2.24, 2.45) is 5.41 Å². The summed E-state index contributed by atoms with van der Waals surface area (Å²) in [6, 6.07) is 12.0. The first-order valence-corrected chi connectivity index (χ1v) is 9.56. The molecule has 1 aliphatic rings. The van der Waals surface area contributed by atoms with E-state index in [1.807, 2.05) is 58.9 Å². The molecule has 2 aromatic rings. The predicted octanol–water partition coefficient (Wildman–Crippen LogP) is 4.69. The molecule has 2 amide bonds. The number of rotatable bonds is 5. The van der Waals surface area contributed by atoms with Gasteiger partial charge in [-0.3, -0.25) is 9.59 Å². The number of carbonyl (C=O) groups excluding carboxylic acids is 2. The number of anilines is 2. The molecule has 1 aliphatic carbocycles. The third kappa shape index (κ3) is 3.61. The molecule has 0 bridgehead atoms. The van der Waals surface area contributed by atoms with E-state index in [0.29, 0.717) is 19.4 Å². The van der Waals surface area contributed by atoms with E-state index in [-0.39, 0.29) is 11.8 Å². The van der Waals surface area contributed by atoms with Gasteiger partial charge in [0.25, 0.3) is 0 Å². The van der Waals surface area contributed by atoms with Crippen LogP contribution in [0.4, 0.5) is 11.4 Å². The van der Waals surface area contributed by atoms with Gasteiger partial charge in [0.2, 0.25) is 11.8 Å². The standard InChI is InChI=1S/C23H28N2O2/c1-6-25(19-9-7-8-15(2)14-19)22(27)23(10-11-23)21(26)24-20-17(4)12-16(3)13-18(20)5/h7-9,12-14H,6,10-11H2,1-5H3,(H,24,26). The third-order valence-electron chi connectivity index (χ3n) is 5.38. The summed E-state index contributed by atoms with van der Waals surface area (Å²) < 4.78 is 0. The van der Waals surface area contributed by atoms with Crippen molar-refractivity contribution in [1.82, 2.24) is 0 Å². The maximum atomic E-state index is 13.3. The molecule has 0 heterocycles. The molecule has 0 saturated heterocycles. The third-order valence-corrected chi connectivity index (χ3v) is 5.38. The number of amides is 2. The minimum absolute atomic E-state index is 0.101. The number of hydrogen-bond acceptors (Lipinski definition) is 2. The summed E-state index contributed by atoms with van der Waals surface area (Å²) in [4.78, 5) is 28.1. The molecular weight excluding hydrogens is 336 g/mol. The largest absolute Gasteiger partial charge is 0.325 e. The van der Waals surface area contributed by atoms with Gasteiger partial charge in [-0.25, -0.2) is 0 Å². The van der Waals surface area contributed by atoms with Crippen LogP contribution >= 0.6 is 0 Å². The fourth-order valence-corrected chi connectivity index (χ4v) is 3.77. The fourth-order valence-electron chi connectivity index (χ4n) is 3.77. The van der Waals surface area contributed by atoms with Crippen LogP contribution in [0.5, 0.6) is 0 Å². The highest BCUT2D eigenvalue weighted by molar-refractivity contribution is 6.18. The first-order chi connectivity index (χ1) is 12.8. The lowest BCUT2D eigenvalue weighted by molar-refractivity contribution is -0.132. The maximum Gasteiger partial charge on any atom is 0.242 e. The van der Waals surface area contributed by atoms with Crippen LogP contribution < -0.4 is 10.2 Å². The topological polar surface area (TPSA) is 49.4 Å². The van der Waals surface area contributed by atoms with Crippen LogP contribution in [-0.2, 0) is 9.59 Å². The maximum absolute atomic E-state index is 13.3. The summed E-state index contributed by atoms with van der Waals surface area (Å²) in [5, 5.41) is 3.04. The van der Waals surface area contributed by atoms with Gasteiger partial charge in [-0.15, -0.1) is 0 Å². The Balaban J connectivity index is 1.85. The lowest BCUT2D eigenvalue weighted by Gasteiger charge is -2.26. The average Bonchev–Trinajstić information content (AvgIpc) is 3.40. The molecule has 0 atom stereocenters. The highest BCUT2D eigenvalue weighted by atomic mass is 16.2. The van der Waals surface area contributed by atoms with Crippen molar-refractivity contribution >= 4 is 23.2 Å². The molecule has 4 nitrogen and oxygen atoms in total. The molecule has 27 heavy (non-hydrogen) atoms. The monoisotopic (exact) mass is 364 g/mol. The average molecular weight is 364 g/mol. The Morgan fingerprint density at radius 2 is 1.63 bits per heavy atom. The Labute approximate surface area is 161 Å². The summed E-state index contributed by atoms with van der Waals surface area (Å²) in [6.45, 7) is 10.5. The van der Waals surface area contributed by atoms with Crippen molar-refractivity contribution < 1.29 is 9.59 Å². The van der Waals surface area contributed by atoms with E-state index in [4.69, 9.17) is 0 Å². The van der Waals surface area contributed by atoms with E-state index in [2.05, 4.69) is 17.4 Å².